The van der Waals surface area contributed by atoms with E-state index >= 15 is 0 Å². The van der Waals surface area contributed by atoms with Crippen LogP contribution in [0.2, 0.25) is 0 Å². The molecule has 1 unspecified atom stereocenters. The van der Waals surface area contributed by atoms with E-state index in [4.69, 9.17) is 32.1 Å². The zero-order chi connectivity index (χ0) is 23.8. The SMILES string of the molecule is COc1ccc(CO[C@H]2[C@H]3OC(C)(C)OC3OC2(COS(C)(=O)=O)COS(C)(=O)=O)cc1. The zero-order valence-electron chi connectivity index (χ0n) is 18.5. The van der Waals surface area contributed by atoms with E-state index in [2.05, 4.69) is 0 Å². The van der Waals surface area contributed by atoms with Crippen molar-refractivity contribution < 1.29 is 48.9 Å². The fourth-order valence-electron chi connectivity index (χ4n) is 3.49. The highest BCUT2D eigenvalue weighted by Crippen LogP contribution is 2.44. The summed E-state index contributed by atoms with van der Waals surface area (Å²) in [5, 5.41) is 0. The van der Waals surface area contributed by atoms with Crippen LogP contribution in [-0.4, -0.2) is 79.6 Å². The van der Waals surface area contributed by atoms with Crippen molar-refractivity contribution in [2.75, 3.05) is 32.8 Å². The van der Waals surface area contributed by atoms with Gasteiger partial charge in [-0.15, -0.1) is 0 Å². The summed E-state index contributed by atoms with van der Waals surface area (Å²) < 4.78 is 85.5. The average Bonchev–Trinajstić information content (AvgIpc) is 3.11. The molecule has 32 heavy (non-hydrogen) atoms. The van der Waals surface area contributed by atoms with Crippen LogP contribution in [0.4, 0.5) is 0 Å². The first kappa shape index (κ1) is 25.3. The molecule has 0 saturated carbocycles. The molecule has 1 aromatic carbocycles. The largest absolute Gasteiger partial charge is 0.497 e. The topological polar surface area (TPSA) is 133 Å². The van der Waals surface area contributed by atoms with Gasteiger partial charge in [0.2, 0.25) is 0 Å². The predicted octanol–water partition coefficient (Wildman–Crippen LogP) is 0.779. The van der Waals surface area contributed by atoms with Gasteiger partial charge in [-0.1, -0.05) is 12.1 Å². The summed E-state index contributed by atoms with van der Waals surface area (Å²) in [6.45, 7) is 2.35. The van der Waals surface area contributed by atoms with E-state index < -0.39 is 63.3 Å². The van der Waals surface area contributed by atoms with Crippen molar-refractivity contribution in [2.45, 2.75) is 50.3 Å². The van der Waals surface area contributed by atoms with Gasteiger partial charge in [-0.3, -0.25) is 8.37 Å². The van der Waals surface area contributed by atoms with E-state index in [9.17, 15) is 16.8 Å². The number of fused-ring (bicyclic) bond motifs is 1. The smallest absolute Gasteiger partial charge is 0.264 e. The van der Waals surface area contributed by atoms with Crippen LogP contribution in [0.15, 0.2) is 24.3 Å². The van der Waals surface area contributed by atoms with Gasteiger partial charge >= 0.3 is 0 Å². The maximum absolute atomic E-state index is 11.7. The molecular formula is C19H28O11S2. The van der Waals surface area contributed by atoms with Crippen molar-refractivity contribution >= 4 is 20.2 Å². The molecule has 0 aromatic heterocycles. The van der Waals surface area contributed by atoms with Crippen molar-refractivity contribution in [3.63, 3.8) is 0 Å². The maximum Gasteiger partial charge on any atom is 0.264 e. The second-order valence-corrected chi connectivity index (χ2v) is 11.5. The Kier molecular flexibility index (Phi) is 7.23. The molecule has 2 aliphatic heterocycles. The highest BCUT2D eigenvalue weighted by Gasteiger charge is 2.63. The Morgan fingerprint density at radius 3 is 1.97 bits per heavy atom. The molecule has 0 spiro atoms. The highest BCUT2D eigenvalue weighted by molar-refractivity contribution is 7.86. The molecule has 13 heteroatoms. The van der Waals surface area contributed by atoms with E-state index in [1.807, 2.05) is 0 Å². The van der Waals surface area contributed by atoms with Crippen LogP contribution in [0.1, 0.15) is 19.4 Å². The van der Waals surface area contributed by atoms with Crippen LogP contribution in [-0.2, 0) is 54.2 Å². The number of rotatable bonds is 10. The Morgan fingerprint density at radius 1 is 0.906 bits per heavy atom. The lowest BCUT2D eigenvalue weighted by Crippen LogP contribution is -2.53. The summed E-state index contributed by atoms with van der Waals surface area (Å²) in [5.74, 6) is -0.316. The molecule has 0 radical (unpaired) electrons. The first-order valence-corrected chi connectivity index (χ1v) is 13.3. The van der Waals surface area contributed by atoms with Crippen molar-refractivity contribution in [1.82, 2.24) is 0 Å². The lowest BCUT2D eigenvalue weighted by atomic mass is 9.97. The number of benzene rings is 1. The minimum absolute atomic E-state index is 0.0878. The number of hydrogen-bond acceptors (Lipinski definition) is 11. The van der Waals surface area contributed by atoms with Gasteiger partial charge in [-0.05, 0) is 31.5 Å². The number of ether oxygens (including phenoxy) is 5. The third-order valence-electron chi connectivity index (χ3n) is 4.88. The zero-order valence-corrected chi connectivity index (χ0v) is 20.1. The van der Waals surface area contributed by atoms with Crippen LogP contribution in [0.3, 0.4) is 0 Å². The van der Waals surface area contributed by atoms with E-state index in [0.717, 1.165) is 18.1 Å². The van der Waals surface area contributed by atoms with E-state index in [-0.39, 0.29) is 6.61 Å². The van der Waals surface area contributed by atoms with Crippen molar-refractivity contribution in [3.8, 4) is 5.75 Å². The fourth-order valence-corrected chi connectivity index (χ4v) is 4.32. The maximum atomic E-state index is 11.7. The first-order valence-electron chi connectivity index (χ1n) is 9.69. The summed E-state index contributed by atoms with van der Waals surface area (Å²) in [4.78, 5) is 0. The lowest BCUT2D eigenvalue weighted by molar-refractivity contribution is -0.254. The molecular weight excluding hydrogens is 468 g/mol. The standard InChI is InChI=1S/C19H28O11S2/c1-18(2)28-15-16(25-10-13-6-8-14(24-3)9-7-13)19(30-17(15)29-18,11-26-31(4,20)21)12-27-32(5,22)23/h6-9,15-17H,10-12H2,1-5H3/t15-,16+,17?/m1/s1. The molecule has 2 heterocycles. The molecule has 0 aliphatic carbocycles. The van der Waals surface area contributed by atoms with Gasteiger partial charge in [0.1, 0.15) is 36.8 Å². The number of methoxy groups -OCH3 is 1. The molecule has 2 fully saturated rings. The highest BCUT2D eigenvalue weighted by atomic mass is 32.2. The summed E-state index contributed by atoms with van der Waals surface area (Å²) in [5.41, 5.74) is -0.848. The van der Waals surface area contributed by atoms with Crippen molar-refractivity contribution in [3.05, 3.63) is 29.8 Å². The van der Waals surface area contributed by atoms with Gasteiger partial charge in [0, 0.05) is 0 Å². The van der Waals surface area contributed by atoms with Gasteiger partial charge in [0.15, 0.2) is 12.1 Å². The second kappa shape index (κ2) is 9.14. The second-order valence-electron chi connectivity index (χ2n) is 8.16. The summed E-state index contributed by atoms with van der Waals surface area (Å²) >= 11 is 0. The average molecular weight is 497 g/mol. The van der Waals surface area contributed by atoms with Gasteiger partial charge in [0.25, 0.3) is 20.2 Å². The minimum Gasteiger partial charge on any atom is -0.497 e. The predicted molar refractivity (Wildman–Crippen MR) is 111 cm³/mol. The summed E-state index contributed by atoms with van der Waals surface area (Å²) in [6.07, 6.45) is -0.958. The van der Waals surface area contributed by atoms with Crippen molar-refractivity contribution in [1.29, 1.82) is 0 Å². The summed E-state index contributed by atoms with van der Waals surface area (Å²) in [6, 6.07) is 7.11. The number of hydrogen-bond donors (Lipinski definition) is 0. The molecule has 1 aromatic rings. The monoisotopic (exact) mass is 496 g/mol. The quantitative estimate of drug-likeness (QED) is 0.426. The molecule has 182 valence electrons. The Bertz CT molecular complexity index is 966. The Balaban J connectivity index is 1.89. The summed E-state index contributed by atoms with van der Waals surface area (Å²) in [7, 11) is -6.21. The van der Waals surface area contributed by atoms with Crippen LogP contribution < -0.4 is 4.74 Å². The Labute approximate surface area is 188 Å². The van der Waals surface area contributed by atoms with Crippen molar-refractivity contribution in [2.24, 2.45) is 0 Å². The molecule has 11 nitrogen and oxygen atoms in total. The molecule has 2 saturated heterocycles. The van der Waals surface area contributed by atoms with Crippen LogP contribution in [0, 0.1) is 0 Å². The minimum atomic E-state index is -3.88. The first-order chi connectivity index (χ1) is 14.7. The molecule has 3 atom stereocenters. The third-order valence-corrected chi connectivity index (χ3v) is 5.97. The van der Waals surface area contributed by atoms with Gasteiger partial charge in [-0.25, -0.2) is 0 Å². The van der Waals surface area contributed by atoms with Gasteiger partial charge in [-0.2, -0.15) is 16.8 Å². The molecule has 3 rings (SSSR count). The molecule has 0 N–H and O–H groups in total. The molecule has 0 amide bonds. The third kappa shape index (κ3) is 6.38. The Morgan fingerprint density at radius 2 is 1.47 bits per heavy atom. The van der Waals surface area contributed by atoms with E-state index in [1.165, 1.54) is 0 Å². The molecule has 0 bridgehead atoms. The molecule has 2 aliphatic rings. The normalized spacial score (nSPS) is 26.7. The van der Waals surface area contributed by atoms with Crippen LogP contribution >= 0.6 is 0 Å². The Hall–Kier alpha value is -1.32. The lowest BCUT2D eigenvalue weighted by Gasteiger charge is -2.35. The van der Waals surface area contributed by atoms with Gasteiger partial charge < -0.3 is 23.7 Å². The van der Waals surface area contributed by atoms with Crippen LogP contribution in [0.25, 0.3) is 0 Å². The van der Waals surface area contributed by atoms with E-state index in [0.29, 0.717) is 5.75 Å². The van der Waals surface area contributed by atoms with E-state index in [1.54, 1.807) is 45.2 Å². The van der Waals surface area contributed by atoms with Gasteiger partial charge in [0.05, 0.1) is 26.2 Å². The van der Waals surface area contributed by atoms with Crippen LogP contribution in [0.5, 0.6) is 5.75 Å². The fraction of sp³-hybridized carbons (Fsp3) is 0.684.